The molecule has 7 N–H and O–H groups in total. The third kappa shape index (κ3) is 13.1. The van der Waals surface area contributed by atoms with Crippen molar-refractivity contribution in [3.8, 4) is 0 Å². The standard InChI is InChI=1S/C40H55N7O7/c1-40(2,3)31-12-10-27(11-13-31)23-33-39(53)44-25-29-8-5-4-7-28(29)24-35(49)45-32(38(52)43-19-22-54-21-17-41)16-18-42-34(48)14-15-36(50)47-20-6-9-30(26-47)37(51)46-33/h4-5,7-8,10-15,30,32-33H,6,9,16-26,41H2,1-3H3,(H,42,48)(H,43,52)(H,44,53)(H,45,49)(H,46,51)/b15-14+/t30-,32+,33+/m1/s1. The van der Waals surface area contributed by atoms with Gasteiger partial charge in [0.15, 0.2) is 0 Å². The van der Waals surface area contributed by atoms with E-state index in [1.807, 2.05) is 30.3 Å². The highest BCUT2D eigenvalue weighted by Crippen LogP contribution is 2.23. The molecular weight excluding hydrogens is 690 g/mol. The summed E-state index contributed by atoms with van der Waals surface area (Å²) < 4.78 is 5.33. The Morgan fingerprint density at radius 1 is 0.907 bits per heavy atom. The van der Waals surface area contributed by atoms with Crippen molar-refractivity contribution in [2.45, 2.75) is 76.9 Å². The largest absolute Gasteiger partial charge is 0.378 e. The highest BCUT2D eigenvalue weighted by Gasteiger charge is 2.31. The van der Waals surface area contributed by atoms with Crippen molar-refractivity contribution in [1.82, 2.24) is 31.5 Å². The van der Waals surface area contributed by atoms with Crippen LogP contribution < -0.4 is 32.3 Å². The molecule has 0 radical (unpaired) electrons. The van der Waals surface area contributed by atoms with Gasteiger partial charge in [0.1, 0.15) is 12.1 Å². The number of nitrogens with zero attached hydrogens (tertiary/aromatic N) is 1. The molecule has 2 heterocycles. The van der Waals surface area contributed by atoms with Gasteiger partial charge in [0.05, 0.1) is 25.6 Å². The van der Waals surface area contributed by atoms with Crippen LogP contribution in [0.5, 0.6) is 0 Å². The Morgan fingerprint density at radius 2 is 1.65 bits per heavy atom. The van der Waals surface area contributed by atoms with Gasteiger partial charge >= 0.3 is 0 Å². The van der Waals surface area contributed by atoms with E-state index in [4.69, 9.17) is 10.5 Å². The fourth-order valence-corrected chi connectivity index (χ4v) is 6.37. The number of benzene rings is 2. The van der Waals surface area contributed by atoms with Crippen LogP contribution in [-0.4, -0.2) is 98.4 Å². The molecule has 4 rings (SSSR count). The predicted octanol–water partition coefficient (Wildman–Crippen LogP) is 0.761. The molecule has 3 atom stereocenters. The molecule has 0 aliphatic carbocycles. The molecule has 0 unspecified atom stereocenters. The molecule has 2 aliphatic heterocycles. The number of nitrogens with two attached hydrogens (primary N) is 1. The number of carbonyl (C=O) groups is 6. The maximum atomic E-state index is 13.9. The summed E-state index contributed by atoms with van der Waals surface area (Å²) in [5.74, 6) is -3.12. The zero-order valence-electron chi connectivity index (χ0n) is 31.6. The summed E-state index contributed by atoms with van der Waals surface area (Å²) in [6.07, 6.45) is 3.63. The molecule has 1 fully saturated rings. The number of fused-ring (bicyclic) bond motifs is 3. The van der Waals surface area contributed by atoms with Gasteiger partial charge in [0.25, 0.3) is 0 Å². The average molecular weight is 746 g/mol. The van der Waals surface area contributed by atoms with Gasteiger partial charge in [-0.3, -0.25) is 28.8 Å². The molecular formula is C40H55N7O7. The highest BCUT2D eigenvalue weighted by molar-refractivity contribution is 5.97. The lowest BCUT2D eigenvalue weighted by atomic mass is 9.86. The first-order chi connectivity index (χ1) is 25.8. The second-order valence-corrected chi connectivity index (χ2v) is 14.7. The Bertz CT molecular complexity index is 1650. The first kappa shape index (κ1) is 41.7. The van der Waals surface area contributed by atoms with Crippen LogP contribution in [0, 0.1) is 5.92 Å². The molecule has 54 heavy (non-hydrogen) atoms. The fraction of sp³-hybridized carbons (Fsp3) is 0.500. The Hall–Kier alpha value is -5.08. The van der Waals surface area contributed by atoms with Gasteiger partial charge in [-0.05, 0) is 46.9 Å². The van der Waals surface area contributed by atoms with Crippen molar-refractivity contribution in [1.29, 1.82) is 0 Å². The number of ether oxygens (including phenoxy) is 1. The van der Waals surface area contributed by atoms with Crippen LogP contribution in [0.4, 0.5) is 0 Å². The van der Waals surface area contributed by atoms with Gasteiger partial charge in [-0.25, -0.2) is 0 Å². The quantitative estimate of drug-likeness (QED) is 0.213. The van der Waals surface area contributed by atoms with Gasteiger partial charge in [-0.1, -0.05) is 69.3 Å². The lowest BCUT2D eigenvalue weighted by Crippen LogP contribution is -2.52. The molecule has 14 nitrogen and oxygen atoms in total. The molecule has 292 valence electrons. The summed E-state index contributed by atoms with van der Waals surface area (Å²) in [5, 5.41) is 14.1. The normalized spacial score (nSPS) is 21.6. The molecule has 6 amide bonds. The highest BCUT2D eigenvalue weighted by atomic mass is 16.5. The van der Waals surface area contributed by atoms with Crippen LogP contribution in [0.25, 0.3) is 0 Å². The van der Waals surface area contributed by atoms with Crippen molar-refractivity contribution >= 4 is 35.4 Å². The molecule has 2 aromatic carbocycles. The third-order valence-electron chi connectivity index (χ3n) is 9.49. The van der Waals surface area contributed by atoms with Crippen LogP contribution in [0.2, 0.25) is 0 Å². The number of piperidine rings is 1. The van der Waals surface area contributed by atoms with E-state index >= 15 is 0 Å². The summed E-state index contributed by atoms with van der Waals surface area (Å²) in [7, 11) is 0. The van der Waals surface area contributed by atoms with Crippen LogP contribution in [0.1, 0.15) is 62.3 Å². The number of amides is 6. The van der Waals surface area contributed by atoms with E-state index in [9.17, 15) is 28.8 Å². The van der Waals surface area contributed by atoms with Crippen molar-refractivity contribution in [2.24, 2.45) is 11.7 Å². The smallest absolute Gasteiger partial charge is 0.246 e. The molecule has 0 spiro atoms. The van der Waals surface area contributed by atoms with E-state index in [-0.39, 0.29) is 63.4 Å². The van der Waals surface area contributed by atoms with Gasteiger partial charge in [0, 0.05) is 57.8 Å². The first-order valence-electron chi connectivity index (χ1n) is 18.7. The Balaban J connectivity index is 1.58. The summed E-state index contributed by atoms with van der Waals surface area (Å²) in [6, 6.07) is 13.3. The maximum absolute atomic E-state index is 13.9. The summed E-state index contributed by atoms with van der Waals surface area (Å²) in [6.45, 7) is 8.19. The van der Waals surface area contributed by atoms with Crippen LogP contribution >= 0.6 is 0 Å². The van der Waals surface area contributed by atoms with Gasteiger partial charge in [0.2, 0.25) is 35.4 Å². The number of carbonyl (C=O) groups excluding carboxylic acids is 6. The number of rotatable bonds is 8. The van der Waals surface area contributed by atoms with Gasteiger partial charge in [-0.15, -0.1) is 0 Å². The molecule has 0 aromatic heterocycles. The average Bonchev–Trinajstić information content (AvgIpc) is 3.15. The van der Waals surface area contributed by atoms with Crippen molar-refractivity contribution in [2.75, 3.05) is 45.9 Å². The number of nitrogens with one attached hydrogen (secondary N) is 5. The minimum absolute atomic E-state index is 0.0376. The summed E-state index contributed by atoms with van der Waals surface area (Å²) >= 11 is 0. The SMILES string of the molecule is CC(C)(C)c1ccc(C[C@@H]2NC(=O)[C@@H]3CCCN(C3)C(=O)/C=C/C(=O)NCC[C@@H](C(=O)NCCOCCN)NC(=O)Cc3ccccc3CNC2=O)cc1. The molecule has 14 heteroatoms. The van der Waals surface area contributed by atoms with E-state index in [0.717, 1.165) is 23.3 Å². The van der Waals surface area contributed by atoms with Crippen molar-refractivity contribution in [3.05, 3.63) is 82.9 Å². The molecule has 2 bridgehead atoms. The number of hydrogen-bond donors (Lipinski definition) is 6. The van der Waals surface area contributed by atoms with Crippen LogP contribution in [0.15, 0.2) is 60.7 Å². The van der Waals surface area contributed by atoms with Crippen molar-refractivity contribution in [3.63, 3.8) is 0 Å². The minimum atomic E-state index is -0.977. The molecule has 1 saturated heterocycles. The minimum Gasteiger partial charge on any atom is -0.378 e. The second-order valence-electron chi connectivity index (χ2n) is 14.7. The van der Waals surface area contributed by atoms with E-state index in [2.05, 4.69) is 47.4 Å². The zero-order valence-corrected chi connectivity index (χ0v) is 31.6. The lowest BCUT2D eigenvalue weighted by Gasteiger charge is -2.32. The van der Waals surface area contributed by atoms with E-state index in [0.29, 0.717) is 43.7 Å². The predicted molar refractivity (Wildman–Crippen MR) is 204 cm³/mol. The van der Waals surface area contributed by atoms with Crippen LogP contribution in [-0.2, 0) is 58.3 Å². The fourth-order valence-electron chi connectivity index (χ4n) is 6.37. The Kier molecular flexibility index (Phi) is 15.7. The van der Waals surface area contributed by atoms with E-state index in [1.54, 1.807) is 18.2 Å². The maximum Gasteiger partial charge on any atom is 0.246 e. The van der Waals surface area contributed by atoms with Crippen LogP contribution in [0.3, 0.4) is 0 Å². The Labute approximate surface area is 317 Å². The second kappa shape index (κ2) is 20.4. The van der Waals surface area contributed by atoms with Gasteiger partial charge in [-0.2, -0.15) is 0 Å². The van der Waals surface area contributed by atoms with E-state index in [1.165, 1.54) is 4.90 Å². The monoisotopic (exact) mass is 745 g/mol. The molecule has 0 saturated carbocycles. The zero-order chi connectivity index (χ0) is 39.1. The third-order valence-corrected chi connectivity index (χ3v) is 9.49. The lowest BCUT2D eigenvalue weighted by molar-refractivity contribution is -0.135. The number of hydrogen-bond acceptors (Lipinski definition) is 8. The first-order valence-corrected chi connectivity index (χ1v) is 18.7. The summed E-state index contributed by atoms with van der Waals surface area (Å²) in [5.41, 5.74) is 8.75. The van der Waals surface area contributed by atoms with Crippen molar-refractivity contribution < 1.29 is 33.5 Å². The van der Waals surface area contributed by atoms with Gasteiger partial charge < -0.3 is 42.0 Å². The molecule has 2 aliphatic rings. The summed E-state index contributed by atoms with van der Waals surface area (Å²) in [4.78, 5) is 81.3. The van der Waals surface area contributed by atoms with E-state index < -0.39 is 47.5 Å². The topological polar surface area (TPSA) is 201 Å². The molecule has 2 aromatic rings. The Morgan fingerprint density at radius 3 is 2.37 bits per heavy atom.